The molecule has 1 heterocycles. The molecular weight excluding hydrogens is 264 g/mol. The van der Waals surface area contributed by atoms with Crippen LogP contribution in [0.4, 0.5) is 0 Å². The molecule has 0 aliphatic heterocycles. The van der Waals surface area contributed by atoms with Crippen molar-refractivity contribution in [3.63, 3.8) is 0 Å². The molecule has 0 saturated heterocycles. The second kappa shape index (κ2) is 7.04. The molecule has 112 valence electrons. The minimum absolute atomic E-state index is 0.758. The van der Waals surface area contributed by atoms with Gasteiger partial charge in [-0.2, -0.15) is 0 Å². The van der Waals surface area contributed by atoms with Gasteiger partial charge >= 0.3 is 0 Å². The smallest absolute Gasteiger partial charge is 0.0798 e. The molecule has 2 nitrogen and oxygen atoms in total. The van der Waals surface area contributed by atoms with Gasteiger partial charge in [-0.25, -0.2) is 4.98 Å². The Morgan fingerprint density at radius 3 is 2.60 bits per heavy atom. The lowest BCUT2D eigenvalue weighted by Crippen LogP contribution is -2.42. The molecule has 2 unspecified atom stereocenters. The summed E-state index contributed by atoms with van der Waals surface area (Å²) in [6.07, 6.45) is 13.1. The molecule has 2 fully saturated rings. The highest BCUT2D eigenvalue weighted by Gasteiger charge is 2.32. The summed E-state index contributed by atoms with van der Waals surface area (Å²) < 4.78 is 0. The molecular formula is C17H28N2S. The van der Waals surface area contributed by atoms with Crippen LogP contribution in [0, 0.1) is 18.8 Å². The number of thiazole rings is 1. The van der Waals surface area contributed by atoms with Gasteiger partial charge in [0.25, 0.3) is 0 Å². The predicted octanol–water partition coefficient (Wildman–Crippen LogP) is 4.68. The summed E-state index contributed by atoms with van der Waals surface area (Å²) in [7, 11) is 0. The largest absolute Gasteiger partial charge is 0.309 e. The van der Waals surface area contributed by atoms with Crippen LogP contribution in [-0.4, -0.2) is 11.0 Å². The first-order valence-electron chi connectivity index (χ1n) is 8.47. The number of hydrogen-bond acceptors (Lipinski definition) is 3. The summed E-state index contributed by atoms with van der Waals surface area (Å²) in [5.41, 5.74) is 3.19. The molecule has 0 spiro atoms. The van der Waals surface area contributed by atoms with Crippen LogP contribution < -0.4 is 5.32 Å². The molecule has 0 amide bonds. The molecule has 0 bridgehead atoms. The van der Waals surface area contributed by atoms with Crippen LogP contribution in [0.2, 0.25) is 0 Å². The third-order valence-corrected chi connectivity index (χ3v) is 6.38. The van der Waals surface area contributed by atoms with Crippen molar-refractivity contribution >= 4 is 11.3 Å². The summed E-state index contributed by atoms with van der Waals surface area (Å²) in [6.45, 7) is 3.16. The Morgan fingerprint density at radius 1 is 1.10 bits per heavy atom. The van der Waals surface area contributed by atoms with Gasteiger partial charge in [0.05, 0.1) is 11.2 Å². The molecule has 3 heteroatoms. The Morgan fingerprint density at radius 2 is 1.85 bits per heavy atom. The van der Waals surface area contributed by atoms with Crippen LogP contribution in [0.1, 0.15) is 68.4 Å². The average Bonchev–Trinajstić information content (AvgIpc) is 2.92. The topological polar surface area (TPSA) is 24.9 Å². The van der Waals surface area contributed by atoms with Gasteiger partial charge in [0.15, 0.2) is 0 Å². The van der Waals surface area contributed by atoms with Gasteiger partial charge in [-0.05, 0) is 31.6 Å². The average molecular weight is 292 g/mol. The van der Waals surface area contributed by atoms with Crippen molar-refractivity contribution in [1.29, 1.82) is 0 Å². The Kier molecular flexibility index (Phi) is 5.11. The van der Waals surface area contributed by atoms with E-state index in [4.69, 9.17) is 0 Å². The lowest BCUT2D eigenvalue weighted by atomic mass is 9.71. The maximum absolute atomic E-state index is 4.37. The maximum atomic E-state index is 4.37. The number of nitrogens with zero attached hydrogens (tertiary/aromatic N) is 1. The van der Waals surface area contributed by atoms with Crippen LogP contribution in [0.5, 0.6) is 0 Å². The van der Waals surface area contributed by atoms with Gasteiger partial charge in [-0.15, -0.1) is 11.3 Å². The highest BCUT2D eigenvalue weighted by molar-refractivity contribution is 7.09. The zero-order valence-corrected chi connectivity index (χ0v) is 13.6. The van der Waals surface area contributed by atoms with Crippen LogP contribution in [-0.2, 0) is 6.54 Å². The van der Waals surface area contributed by atoms with E-state index in [1.165, 1.54) is 68.4 Å². The van der Waals surface area contributed by atoms with Gasteiger partial charge in [0.1, 0.15) is 0 Å². The molecule has 3 rings (SSSR count). The van der Waals surface area contributed by atoms with Gasteiger partial charge in [0, 0.05) is 17.5 Å². The Hall–Kier alpha value is -0.410. The summed E-state index contributed by atoms with van der Waals surface area (Å²) in [5, 5.41) is 3.88. The van der Waals surface area contributed by atoms with Crippen LogP contribution in [0.3, 0.4) is 0 Å². The number of aryl methyl sites for hydroxylation is 1. The monoisotopic (exact) mass is 292 g/mol. The molecule has 0 radical (unpaired) electrons. The van der Waals surface area contributed by atoms with Crippen molar-refractivity contribution < 1.29 is 0 Å². The minimum atomic E-state index is 0.758. The van der Waals surface area contributed by atoms with Crippen molar-refractivity contribution in [2.45, 2.75) is 77.3 Å². The van der Waals surface area contributed by atoms with Crippen molar-refractivity contribution in [3.05, 3.63) is 16.1 Å². The lowest BCUT2D eigenvalue weighted by Gasteiger charge is -2.39. The van der Waals surface area contributed by atoms with E-state index in [2.05, 4.69) is 17.2 Å². The third-order valence-electron chi connectivity index (χ3n) is 5.44. The van der Waals surface area contributed by atoms with Crippen molar-refractivity contribution in [1.82, 2.24) is 10.3 Å². The summed E-state index contributed by atoms with van der Waals surface area (Å²) in [6, 6.07) is 0.758. The molecule has 1 aromatic heterocycles. The Bertz CT molecular complexity index is 409. The second-order valence-corrected chi connectivity index (χ2v) is 7.63. The van der Waals surface area contributed by atoms with E-state index < -0.39 is 0 Å². The lowest BCUT2D eigenvalue weighted by molar-refractivity contribution is 0.149. The first-order valence-corrected chi connectivity index (χ1v) is 9.35. The van der Waals surface area contributed by atoms with Crippen molar-refractivity contribution in [3.8, 4) is 0 Å². The quantitative estimate of drug-likeness (QED) is 0.871. The fourth-order valence-electron chi connectivity index (χ4n) is 4.26. The second-order valence-electron chi connectivity index (χ2n) is 6.69. The standard InChI is InChI=1S/C17H28N2S/c1-13-17(20-12-19-13)11-18-16-10-6-5-9-15(16)14-7-3-2-4-8-14/h12,14-16,18H,2-11H2,1H3. The number of nitrogens with one attached hydrogen (secondary N) is 1. The molecule has 2 aliphatic carbocycles. The molecule has 2 atom stereocenters. The fourth-order valence-corrected chi connectivity index (χ4v) is 4.99. The first-order chi connectivity index (χ1) is 9.84. The van der Waals surface area contributed by atoms with E-state index in [9.17, 15) is 0 Å². The maximum Gasteiger partial charge on any atom is 0.0798 e. The number of rotatable bonds is 4. The van der Waals surface area contributed by atoms with E-state index in [0.717, 1.165) is 24.4 Å². The van der Waals surface area contributed by atoms with E-state index in [0.29, 0.717) is 0 Å². The van der Waals surface area contributed by atoms with Crippen molar-refractivity contribution in [2.75, 3.05) is 0 Å². The summed E-state index contributed by atoms with van der Waals surface area (Å²) in [4.78, 5) is 5.80. The van der Waals surface area contributed by atoms with Gasteiger partial charge in [-0.3, -0.25) is 0 Å². The molecule has 2 aliphatic rings. The van der Waals surface area contributed by atoms with E-state index in [-0.39, 0.29) is 0 Å². The fraction of sp³-hybridized carbons (Fsp3) is 0.824. The Labute approximate surface area is 127 Å². The normalized spacial score (nSPS) is 28.6. The van der Waals surface area contributed by atoms with Crippen LogP contribution in [0.25, 0.3) is 0 Å². The van der Waals surface area contributed by atoms with E-state index >= 15 is 0 Å². The summed E-state index contributed by atoms with van der Waals surface area (Å²) >= 11 is 1.80. The molecule has 1 N–H and O–H groups in total. The zero-order valence-electron chi connectivity index (χ0n) is 12.7. The third kappa shape index (κ3) is 3.43. The molecule has 2 saturated carbocycles. The van der Waals surface area contributed by atoms with Gasteiger partial charge in [-0.1, -0.05) is 44.9 Å². The van der Waals surface area contributed by atoms with Crippen molar-refractivity contribution in [2.24, 2.45) is 11.8 Å². The van der Waals surface area contributed by atoms with Gasteiger partial charge < -0.3 is 5.32 Å². The van der Waals surface area contributed by atoms with E-state index in [1.54, 1.807) is 11.3 Å². The van der Waals surface area contributed by atoms with Gasteiger partial charge in [0.2, 0.25) is 0 Å². The highest BCUT2D eigenvalue weighted by atomic mass is 32.1. The van der Waals surface area contributed by atoms with Crippen LogP contribution in [0.15, 0.2) is 5.51 Å². The van der Waals surface area contributed by atoms with E-state index in [1.807, 2.05) is 5.51 Å². The number of hydrogen-bond donors (Lipinski definition) is 1. The SMILES string of the molecule is Cc1ncsc1CNC1CCCCC1C1CCCCC1. The van der Waals surface area contributed by atoms with Crippen LogP contribution >= 0.6 is 11.3 Å². The Balaban J connectivity index is 1.58. The molecule has 20 heavy (non-hydrogen) atoms. The first kappa shape index (κ1) is 14.5. The predicted molar refractivity (Wildman–Crippen MR) is 86.0 cm³/mol. The highest BCUT2D eigenvalue weighted by Crippen LogP contribution is 2.38. The molecule has 0 aromatic carbocycles. The minimum Gasteiger partial charge on any atom is -0.309 e. The number of aromatic nitrogens is 1. The molecule has 1 aromatic rings. The summed E-state index contributed by atoms with van der Waals surface area (Å²) in [5.74, 6) is 1.95. The zero-order chi connectivity index (χ0) is 13.8.